The van der Waals surface area contributed by atoms with Crippen molar-refractivity contribution >= 4 is 49.6 Å². The molecule has 0 aliphatic carbocycles. The second kappa shape index (κ2) is 11.2. The number of hydrogen-bond donors (Lipinski definition) is 0. The molecule has 0 atom stereocenters. The lowest BCUT2D eigenvalue weighted by atomic mass is 10.0. The zero-order valence-electron chi connectivity index (χ0n) is 25.4. The lowest BCUT2D eigenvalue weighted by molar-refractivity contribution is 0.432. The first-order valence-corrected chi connectivity index (χ1v) is 15.7. The van der Waals surface area contributed by atoms with Gasteiger partial charge in [0, 0.05) is 44.6 Å². The molecule has 5 heteroatoms. The van der Waals surface area contributed by atoms with Crippen LogP contribution in [0.5, 0.6) is 0 Å². The topological polar surface area (TPSA) is 47.1 Å². The van der Waals surface area contributed by atoms with E-state index in [0.717, 1.165) is 44.6 Å². The zero-order valence-corrected chi connectivity index (χ0v) is 25.4. The lowest BCUT2D eigenvalue weighted by Crippen LogP contribution is -2.10. The largest absolute Gasteiger partial charge is 0.334 e. The standard InChI is InChI=1S/C42H28N4O/c1-2-13-31(14-3-1)45(33-25-27-34(28-26-33)46-39-19-8-6-16-36(39)37-17-7-9-20-40(37)46)32-23-21-30(22-24-32)42-43-41(44-47-42)38-18-10-12-29-11-4-5-15-35(29)38/h1-28H. The minimum absolute atomic E-state index is 0.487. The molecule has 0 N–H and O–H groups in total. The second-order valence-electron chi connectivity index (χ2n) is 11.6. The Morgan fingerprint density at radius 2 is 1.02 bits per heavy atom. The highest BCUT2D eigenvalue weighted by atomic mass is 16.5. The molecule has 2 heterocycles. The minimum Gasteiger partial charge on any atom is -0.334 e. The summed E-state index contributed by atoms with van der Waals surface area (Å²) in [4.78, 5) is 7.03. The first-order valence-electron chi connectivity index (χ1n) is 15.7. The average molecular weight is 605 g/mol. The highest BCUT2D eigenvalue weighted by Crippen LogP contribution is 2.38. The van der Waals surface area contributed by atoms with Crippen LogP contribution in [0.15, 0.2) is 174 Å². The van der Waals surface area contributed by atoms with Gasteiger partial charge < -0.3 is 14.0 Å². The molecule has 0 spiro atoms. The van der Waals surface area contributed by atoms with E-state index in [0.29, 0.717) is 11.7 Å². The number of rotatable bonds is 6. The van der Waals surface area contributed by atoms with Crippen molar-refractivity contribution in [3.05, 3.63) is 170 Å². The Balaban J connectivity index is 1.07. The zero-order chi connectivity index (χ0) is 31.2. The third-order valence-electron chi connectivity index (χ3n) is 8.79. The normalized spacial score (nSPS) is 11.4. The van der Waals surface area contributed by atoms with Crippen molar-refractivity contribution in [3.8, 4) is 28.5 Å². The molecule has 0 saturated carbocycles. The predicted molar refractivity (Wildman–Crippen MR) is 192 cm³/mol. The Morgan fingerprint density at radius 1 is 0.468 bits per heavy atom. The van der Waals surface area contributed by atoms with Gasteiger partial charge in [0.2, 0.25) is 5.82 Å². The van der Waals surface area contributed by atoms with E-state index in [2.05, 4.69) is 142 Å². The highest BCUT2D eigenvalue weighted by molar-refractivity contribution is 6.09. The Hall–Kier alpha value is -6.46. The van der Waals surface area contributed by atoms with Crippen LogP contribution in [0.1, 0.15) is 0 Å². The fourth-order valence-electron chi connectivity index (χ4n) is 6.60. The number of anilines is 3. The molecule has 222 valence electrons. The molecule has 0 saturated heterocycles. The summed E-state index contributed by atoms with van der Waals surface area (Å²) >= 11 is 0. The van der Waals surface area contributed by atoms with E-state index in [9.17, 15) is 0 Å². The molecule has 47 heavy (non-hydrogen) atoms. The molecular weight excluding hydrogens is 576 g/mol. The summed E-state index contributed by atoms with van der Waals surface area (Å²) < 4.78 is 8.10. The van der Waals surface area contributed by atoms with E-state index in [1.165, 1.54) is 21.8 Å². The SMILES string of the molecule is c1ccc(N(c2ccc(-c3nc(-c4cccc5ccccc45)no3)cc2)c2ccc(-n3c4ccccc4c4ccccc43)cc2)cc1. The summed E-state index contributed by atoms with van der Waals surface area (Å²) in [6.45, 7) is 0. The van der Waals surface area contributed by atoms with Crippen molar-refractivity contribution in [2.75, 3.05) is 4.90 Å². The number of aromatic nitrogens is 3. The average Bonchev–Trinajstić information content (AvgIpc) is 3.77. The summed E-state index contributed by atoms with van der Waals surface area (Å²) in [6.07, 6.45) is 0. The number of benzene rings is 7. The van der Waals surface area contributed by atoms with Crippen LogP contribution in [0.3, 0.4) is 0 Å². The molecule has 5 nitrogen and oxygen atoms in total. The first-order chi connectivity index (χ1) is 23.3. The van der Waals surface area contributed by atoms with E-state index >= 15 is 0 Å². The second-order valence-corrected chi connectivity index (χ2v) is 11.6. The summed E-state index contributed by atoms with van der Waals surface area (Å²) in [7, 11) is 0. The van der Waals surface area contributed by atoms with Gasteiger partial charge in [-0.05, 0) is 83.6 Å². The first kappa shape index (κ1) is 26.9. The van der Waals surface area contributed by atoms with Crippen LogP contribution >= 0.6 is 0 Å². The third-order valence-corrected chi connectivity index (χ3v) is 8.79. The van der Waals surface area contributed by atoms with E-state index in [1.807, 2.05) is 42.5 Å². The van der Waals surface area contributed by atoms with Crippen LogP contribution < -0.4 is 4.90 Å². The number of fused-ring (bicyclic) bond motifs is 4. The molecule has 0 bridgehead atoms. The maximum Gasteiger partial charge on any atom is 0.258 e. The van der Waals surface area contributed by atoms with Gasteiger partial charge in [0.15, 0.2) is 0 Å². The van der Waals surface area contributed by atoms with Crippen molar-refractivity contribution in [3.63, 3.8) is 0 Å². The van der Waals surface area contributed by atoms with E-state index in [4.69, 9.17) is 9.51 Å². The van der Waals surface area contributed by atoms with Crippen LogP contribution in [0, 0.1) is 0 Å². The van der Waals surface area contributed by atoms with Gasteiger partial charge in [-0.1, -0.05) is 102 Å². The van der Waals surface area contributed by atoms with Gasteiger partial charge in [0.25, 0.3) is 5.89 Å². The lowest BCUT2D eigenvalue weighted by Gasteiger charge is -2.26. The van der Waals surface area contributed by atoms with Gasteiger partial charge in [0.05, 0.1) is 11.0 Å². The predicted octanol–water partition coefficient (Wildman–Crippen LogP) is 11.1. The van der Waals surface area contributed by atoms with Crippen LogP contribution in [-0.2, 0) is 0 Å². The van der Waals surface area contributed by atoms with Crippen molar-refractivity contribution in [2.45, 2.75) is 0 Å². The smallest absolute Gasteiger partial charge is 0.258 e. The Labute approximate surface area is 271 Å². The van der Waals surface area contributed by atoms with Gasteiger partial charge >= 0.3 is 0 Å². The fourth-order valence-corrected chi connectivity index (χ4v) is 6.60. The van der Waals surface area contributed by atoms with Crippen molar-refractivity contribution in [1.82, 2.24) is 14.7 Å². The molecule has 0 aliphatic rings. The molecule has 0 aliphatic heterocycles. The van der Waals surface area contributed by atoms with Crippen LogP contribution in [0.4, 0.5) is 17.1 Å². The fraction of sp³-hybridized carbons (Fsp3) is 0. The Bertz CT molecular complexity index is 2450. The van der Waals surface area contributed by atoms with Crippen molar-refractivity contribution < 1.29 is 4.52 Å². The summed E-state index contributed by atoms with van der Waals surface area (Å²) in [6, 6.07) is 59.1. The van der Waals surface area contributed by atoms with Gasteiger partial charge in [-0.25, -0.2) is 0 Å². The maximum absolute atomic E-state index is 5.76. The molecule has 9 aromatic rings. The maximum atomic E-state index is 5.76. The Kier molecular flexibility index (Phi) is 6.39. The molecule has 2 aromatic heterocycles. The molecule has 7 aromatic carbocycles. The molecule has 0 fully saturated rings. The van der Waals surface area contributed by atoms with Crippen LogP contribution in [0.2, 0.25) is 0 Å². The van der Waals surface area contributed by atoms with Crippen LogP contribution in [-0.4, -0.2) is 14.7 Å². The van der Waals surface area contributed by atoms with Gasteiger partial charge in [-0.3, -0.25) is 0 Å². The number of nitrogens with zero attached hydrogens (tertiary/aromatic N) is 4. The molecule has 0 unspecified atom stereocenters. The summed E-state index contributed by atoms with van der Waals surface area (Å²) in [5, 5.41) is 9.08. The molecule has 0 amide bonds. The summed E-state index contributed by atoms with van der Waals surface area (Å²) in [5.41, 5.74) is 8.48. The molecular formula is C42H28N4O. The van der Waals surface area contributed by atoms with E-state index in [1.54, 1.807) is 0 Å². The van der Waals surface area contributed by atoms with Crippen molar-refractivity contribution in [1.29, 1.82) is 0 Å². The third kappa shape index (κ3) is 4.64. The quantitative estimate of drug-likeness (QED) is 0.189. The highest BCUT2D eigenvalue weighted by Gasteiger charge is 2.17. The van der Waals surface area contributed by atoms with Crippen molar-refractivity contribution in [2.24, 2.45) is 0 Å². The summed E-state index contributed by atoms with van der Waals surface area (Å²) in [5.74, 6) is 1.07. The van der Waals surface area contributed by atoms with E-state index in [-0.39, 0.29) is 0 Å². The van der Waals surface area contributed by atoms with Gasteiger partial charge in [0.1, 0.15) is 0 Å². The Morgan fingerprint density at radius 3 is 1.72 bits per heavy atom. The van der Waals surface area contributed by atoms with E-state index < -0.39 is 0 Å². The monoisotopic (exact) mass is 604 g/mol. The molecule has 0 radical (unpaired) electrons. The van der Waals surface area contributed by atoms with Gasteiger partial charge in [-0.15, -0.1) is 0 Å². The number of para-hydroxylation sites is 3. The van der Waals surface area contributed by atoms with Gasteiger partial charge in [-0.2, -0.15) is 4.98 Å². The molecule has 9 rings (SSSR count). The minimum atomic E-state index is 0.487. The van der Waals surface area contributed by atoms with Crippen LogP contribution in [0.25, 0.3) is 61.1 Å². The number of hydrogen-bond acceptors (Lipinski definition) is 4.